The number of hydrogen-bond donors (Lipinski definition) is 1. The van der Waals surface area contributed by atoms with E-state index in [0.717, 1.165) is 44.8 Å². The van der Waals surface area contributed by atoms with Crippen LogP contribution in [0.25, 0.3) is 0 Å². The van der Waals surface area contributed by atoms with Crippen molar-refractivity contribution in [1.29, 1.82) is 0 Å². The van der Waals surface area contributed by atoms with Gasteiger partial charge in [-0.25, -0.2) is 9.18 Å². The SMILES string of the molecule is C[C@@H]1CN(Cc2ccc(C(=O)O)cc2)C[C@H](C)N1Cc1cccc(CN2CCC(F)C2)c1. The molecule has 172 valence electrons. The van der Waals surface area contributed by atoms with E-state index in [9.17, 15) is 9.18 Å². The van der Waals surface area contributed by atoms with Gasteiger partial charge < -0.3 is 5.11 Å². The Balaban J connectivity index is 1.33. The Bertz CT molecular complexity index is 908. The van der Waals surface area contributed by atoms with E-state index in [1.165, 1.54) is 11.1 Å². The number of carboxylic acids is 1. The van der Waals surface area contributed by atoms with Crippen molar-refractivity contribution in [2.24, 2.45) is 0 Å². The Morgan fingerprint density at radius 2 is 1.53 bits per heavy atom. The summed E-state index contributed by atoms with van der Waals surface area (Å²) in [5.74, 6) is -0.886. The molecule has 0 amide bonds. The van der Waals surface area contributed by atoms with E-state index in [0.29, 0.717) is 30.6 Å². The Labute approximate surface area is 190 Å². The highest BCUT2D eigenvalue weighted by Crippen LogP contribution is 2.22. The van der Waals surface area contributed by atoms with Crippen LogP contribution in [0.2, 0.25) is 0 Å². The van der Waals surface area contributed by atoms with Crippen LogP contribution in [0.4, 0.5) is 4.39 Å². The molecule has 0 saturated carbocycles. The number of hydrogen-bond acceptors (Lipinski definition) is 4. The lowest BCUT2D eigenvalue weighted by atomic mass is 10.0. The monoisotopic (exact) mass is 439 g/mol. The first-order chi connectivity index (χ1) is 15.4. The van der Waals surface area contributed by atoms with Crippen molar-refractivity contribution < 1.29 is 14.3 Å². The third-order valence-corrected chi connectivity index (χ3v) is 6.76. The molecule has 3 atom stereocenters. The summed E-state index contributed by atoms with van der Waals surface area (Å²) in [5, 5.41) is 9.08. The molecule has 2 aromatic rings. The Kier molecular flexibility index (Phi) is 7.23. The van der Waals surface area contributed by atoms with E-state index in [-0.39, 0.29) is 0 Å². The summed E-state index contributed by atoms with van der Waals surface area (Å²) in [6.45, 7) is 10.5. The quantitative estimate of drug-likeness (QED) is 0.706. The van der Waals surface area contributed by atoms with E-state index in [1.807, 2.05) is 12.1 Å². The lowest BCUT2D eigenvalue weighted by molar-refractivity contribution is 0.0290. The third kappa shape index (κ3) is 5.74. The zero-order valence-electron chi connectivity index (χ0n) is 19.1. The van der Waals surface area contributed by atoms with Crippen molar-refractivity contribution in [3.05, 3.63) is 70.8 Å². The molecule has 2 aromatic carbocycles. The molecule has 1 N–H and O–H groups in total. The summed E-state index contributed by atoms with van der Waals surface area (Å²) in [6.07, 6.45) is -0.0193. The van der Waals surface area contributed by atoms with E-state index >= 15 is 0 Å². The van der Waals surface area contributed by atoms with Gasteiger partial charge in [-0.15, -0.1) is 0 Å². The van der Waals surface area contributed by atoms with E-state index in [2.05, 4.69) is 52.8 Å². The zero-order chi connectivity index (χ0) is 22.7. The van der Waals surface area contributed by atoms with Crippen LogP contribution in [-0.2, 0) is 19.6 Å². The average Bonchev–Trinajstić information content (AvgIpc) is 3.16. The van der Waals surface area contributed by atoms with Crippen molar-refractivity contribution in [3.8, 4) is 0 Å². The number of rotatable bonds is 7. The minimum atomic E-state index is -0.886. The predicted molar refractivity (Wildman–Crippen MR) is 124 cm³/mol. The van der Waals surface area contributed by atoms with E-state index < -0.39 is 12.1 Å². The van der Waals surface area contributed by atoms with E-state index in [1.54, 1.807) is 12.1 Å². The first-order valence-electron chi connectivity index (χ1n) is 11.6. The van der Waals surface area contributed by atoms with Gasteiger partial charge >= 0.3 is 5.97 Å². The Morgan fingerprint density at radius 3 is 2.12 bits per heavy atom. The van der Waals surface area contributed by atoms with Crippen LogP contribution < -0.4 is 0 Å². The number of alkyl halides is 1. The van der Waals surface area contributed by atoms with Gasteiger partial charge in [0, 0.05) is 57.9 Å². The van der Waals surface area contributed by atoms with E-state index in [4.69, 9.17) is 5.11 Å². The average molecular weight is 440 g/mol. The van der Waals surface area contributed by atoms with Crippen molar-refractivity contribution in [3.63, 3.8) is 0 Å². The van der Waals surface area contributed by atoms with Gasteiger partial charge in [0.2, 0.25) is 0 Å². The molecule has 2 heterocycles. The standard InChI is InChI=1S/C26H34FN3O2/c1-19-13-29(15-21-6-8-24(9-7-21)26(31)32)14-20(2)30(19)17-23-5-3-4-22(12-23)16-28-11-10-25(27)18-28/h3-9,12,19-20,25H,10-11,13-18H2,1-2H3,(H,31,32)/t19-,20+,25?. The fourth-order valence-electron chi connectivity index (χ4n) is 5.14. The lowest BCUT2D eigenvalue weighted by Gasteiger charge is -2.44. The summed E-state index contributed by atoms with van der Waals surface area (Å²) in [6, 6.07) is 16.8. The number of nitrogens with zero attached hydrogens (tertiary/aromatic N) is 3. The molecule has 32 heavy (non-hydrogen) atoms. The van der Waals surface area contributed by atoms with Gasteiger partial charge in [0.15, 0.2) is 0 Å². The summed E-state index contributed by atoms with van der Waals surface area (Å²) in [5.41, 5.74) is 4.06. The van der Waals surface area contributed by atoms with Crippen LogP contribution in [-0.4, -0.2) is 70.2 Å². The molecule has 5 nitrogen and oxygen atoms in total. The first-order valence-corrected chi connectivity index (χ1v) is 11.6. The summed E-state index contributed by atoms with van der Waals surface area (Å²) in [4.78, 5) is 18.3. The molecule has 0 radical (unpaired) electrons. The van der Waals surface area contributed by atoms with Gasteiger partial charge in [-0.05, 0) is 49.1 Å². The van der Waals surface area contributed by atoms with Gasteiger partial charge in [-0.3, -0.25) is 14.7 Å². The lowest BCUT2D eigenvalue weighted by Crippen LogP contribution is -2.55. The molecular formula is C26H34FN3O2. The van der Waals surface area contributed by atoms with Gasteiger partial charge in [0.05, 0.1) is 5.56 Å². The predicted octanol–water partition coefficient (Wildman–Crippen LogP) is 4.02. The second-order valence-corrected chi connectivity index (χ2v) is 9.51. The molecule has 1 unspecified atom stereocenters. The molecule has 4 rings (SSSR count). The highest BCUT2D eigenvalue weighted by atomic mass is 19.1. The summed E-state index contributed by atoms with van der Waals surface area (Å²) >= 11 is 0. The summed E-state index contributed by atoms with van der Waals surface area (Å²) in [7, 11) is 0. The van der Waals surface area contributed by atoms with Crippen molar-refractivity contribution in [1.82, 2.24) is 14.7 Å². The van der Waals surface area contributed by atoms with Gasteiger partial charge in [-0.2, -0.15) is 0 Å². The number of carboxylic acid groups (broad SMARTS) is 1. The molecular weight excluding hydrogens is 405 g/mol. The van der Waals surface area contributed by atoms with Crippen LogP contribution in [0.15, 0.2) is 48.5 Å². The third-order valence-electron chi connectivity index (χ3n) is 6.76. The minimum absolute atomic E-state index is 0.330. The second-order valence-electron chi connectivity index (χ2n) is 9.51. The highest BCUT2D eigenvalue weighted by molar-refractivity contribution is 5.87. The smallest absolute Gasteiger partial charge is 0.335 e. The first kappa shape index (κ1) is 22.9. The maximum atomic E-state index is 13.5. The molecule has 2 aliphatic rings. The maximum absolute atomic E-state index is 13.5. The van der Waals surface area contributed by atoms with Crippen LogP contribution in [0.3, 0.4) is 0 Å². The normalized spacial score (nSPS) is 25.3. The zero-order valence-corrected chi connectivity index (χ0v) is 19.1. The van der Waals surface area contributed by atoms with Gasteiger partial charge in [0.1, 0.15) is 6.17 Å². The number of carbonyl (C=O) groups is 1. The van der Waals surface area contributed by atoms with Crippen LogP contribution in [0, 0.1) is 0 Å². The van der Waals surface area contributed by atoms with Gasteiger partial charge in [0.25, 0.3) is 0 Å². The molecule has 2 saturated heterocycles. The maximum Gasteiger partial charge on any atom is 0.335 e. The molecule has 2 aliphatic heterocycles. The number of halogens is 1. The molecule has 6 heteroatoms. The number of aromatic carboxylic acids is 1. The molecule has 0 spiro atoms. The van der Waals surface area contributed by atoms with Crippen LogP contribution in [0.5, 0.6) is 0 Å². The van der Waals surface area contributed by atoms with Crippen molar-refractivity contribution >= 4 is 5.97 Å². The van der Waals surface area contributed by atoms with Crippen molar-refractivity contribution in [2.75, 3.05) is 26.2 Å². The fraction of sp³-hybridized carbons (Fsp3) is 0.500. The molecule has 0 aliphatic carbocycles. The number of piperazine rings is 1. The Morgan fingerprint density at radius 1 is 0.906 bits per heavy atom. The summed E-state index contributed by atoms with van der Waals surface area (Å²) < 4.78 is 13.5. The van der Waals surface area contributed by atoms with Crippen LogP contribution >= 0.6 is 0 Å². The minimum Gasteiger partial charge on any atom is -0.478 e. The van der Waals surface area contributed by atoms with Gasteiger partial charge in [-0.1, -0.05) is 36.4 Å². The number of likely N-dealkylation sites (tertiary alicyclic amines) is 1. The molecule has 0 bridgehead atoms. The van der Waals surface area contributed by atoms with Crippen LogP contribution in [0.1, 0.15) is 47.3 Å². The molecule has 2 fully saturated rings. The second kappa shape index (κ2) is 10.1. The highest BCUT2D eigenvalue weighted by Gasteiger charge is 2.29. The number of benzene rings is 2. The largest absolute Gasteiger partial charge is 0.478 e. The fourth-order valence-corrected chi connectivity index (χ4v) is 5.14. The van der Waals surface area contributed by atoms with Crippen molar-refractivity contribution in [2.45, 2.75) is 58.2 Å². The molecule has 0 aromatic heterocycles. The topological polar surface area (TPSA) is 47.0 Å². The Hall–Kier alpha value is -2.28.